The summed E-state index contributed by atoms with van der Waals surface area (Å²) in [6.07, 6.45) is 6.08. The van der Waals surface area contributed by atoms with Crippen molar-refractivity contribution in [1.29, 1.82) is 5.41 Å². The Hall–Kier alpha value is -2.44. The van der Waals surface area contributed by atoms with E-state index in [0.717, 1.165) is 60.1 Å². The van der Waals surface area contributed by atoms with Gasteiger partial charge in [0.25, 0.3) is 0 Å². The van der Waals surface area contributed by atoms with E-state index in [1.807, 2.05) is 18.2 Å². The van der Waals surface area contributed by atoms with E-state index in [4.69, 9.17) is 21.7 Å². The van der Waals surface area contributed by atoms with Gasteiger partial charge in [-0.3, -0.25) is 15.2 Å². The summed E-state index contributed by atoms with van der Waals surface area (Å²) >= 11 is 6.35. The zero-order valence-corrected chi connectivity index (χ0v) is 17.3. The third kappa shape index (κ3) is 4.14. The highest BCUT2D eigenvalue weighted by atomic mass is 35.5. The van der Waals surface area contributed by atoms with Gasteiger partial charge in [0.15, 0.2) is 0 Å². The molecule has 152 valence electrons. The summed E-state index contributed by atoms with van der Waals surface area (Å²) < 4.78 is 5.47. The molecule has 1 aromatic carbocycles. The Morgan fingerprint density at radius 1 is 1.28 bits per heavy atom. The highest BCUT2D eigenvalue weighted by Gasteiger charge is 2.27. The summed E-state index contributed by atoms with van der Waals surface area (Å²) in [7, 11) is 0. The zero-order valence-electron chi connectivity index (χ0n) is 16.5. The predicted molar refractivity (Wildman–Crippen MR) is 114 cm³/mol. The first-order valence-electron chi connectivity index (χ1n) is 9.98. The van der Waals surface area contributed by atoms with Crippen molar-refractivity contribution in [3.05, 3.63) is 52.4 Å². The molecule has 2 aliphatic heterocycles. The molecule has 0 aliphatic carbocycles. The molecular formula is C22H25ClN4O2. The van der Waals surface area contributed by atoms with Crippen molar-refractivity contribution in [3.8, 4) is 0 Å². The van der Waals surface area contributed by atoms with E-state index < -0.39 is 0 Å². The van der Waals surface area contributed by atoms with Crippen molar-refractivity contribution in [2.24, 2.45) is 0 Å². The number of carbonyl (C=O) groups excluding carboxylic acids is 1. The molecule has 1 saturated heterocycles. The highest BCUT2D eigenvalue weighted by Crippen LogP contribution is 2.29. The van der Waals surface area contributed by atoms with Gasteiger partial charge in [0.05, 0.1) is 5.71 Å². The lowest BCUT2D eigenvalue weighted by Gasteiger charge is -2.34. The minimum Gasteiger partial charge on any atom is -0.385 e. The van der Waals surface area contributed by atoms with Crippen LogP contribution in [0.5, 0.6) is 0 Å². The maximum atomic E-state index is 12.0. The third-order valence-electron chi connectivity index (χ3n) is 5.73. The second-order valence-corrected chi connectivity index (χ2v) is 7.98. The number of aromatic nitrogens is 1. The summed E-state index contributed by atoms with van der Waals surface area (Å²) in [6, 6.07) is 5.91. The largest absolute Gasteiger partial charge is 0.385 e. The van der Waals surface area contributed by atoms with E-state index in [0.29, 0.717) is 29.9 Å². The number of nitrogens with zero attached hydrogens (tertiary/aromatic N) is 2. The minimum atomic E-state index is 0.0306. The Kier molecular flexibility index (Phi) is 5.83. The lowest BCUT2D eigenvalue weighted by atomic mass is 9.92. The molecule has 1 fully saturated rings. The number of fused-ring (bicyclic) bond motifs is 1. The maximum Gasteiger partial charge on any atom is 0.219 e. The smallest absolute Gasteiger partial charge is 0.219 e. The van der Waals surface area contributed by atoms with Gasteiger partial charge in [-0.1, -0.05) is 17.7 Å². The van der Waals surface area contributed by atoms with Gasteiger partial charge in [-0.25, -0.2) is 0 Å². The Bertz CT molecular complexity index is 982. The Labute approximate surface area is 175 Å². The number of amides is 1. The van der Waals surface area contributed by atoms with Gasteiger partial charge in [0.2, 0.25) is 5.91 Å². The maximum absolute atomic E-state index is 12.0. The Balaban J connectivity index is 1.73. The van der Waals surface area contributed by atoms with Crippen LogP contribution < -0.4 is 5.32 Å². The van der Waals surface area contributed by atoms with Crippen molar-refractivity contribution >= 4 is 34.0 Å². The number of nitrogens with one attached hydrogen (secondary N) is 2. The minimum absolute atomic E-state index is 0.0306. The number of benzene rings is 1. The number of halogens is 1. The van der Waals surface area contributed by atoms with E-state index in [1.165, 1.54) is 0 Å². The highest BCUT2D eigenvalue weighted by molar-refractivity contribution is 6.36. The van der Waals surface area contributed by atoms with Crippen molar-refractivity contribution in [2.75, 3.05) is 26.3 Å². The normalized spacial score (nSPS) is 18.2. The number of pyridine rings is 1. The second-order valence-electron chi connectivity index (χ2n) is 7.57. The monoisotopic (exact) mass is 412 g/mol. The van der Waals surface area contributed by atoms with Crippen molar-refractivity contribution in [1.82, 2.24) is 15.2 Å². The Morgan fingerprint density at radius 2 is 2.07 bits per heavy atom. The fourth-order valence-corrected chi connectivity index (χ4v) is 4.27. The van der Waals surface area contributed by atoms with Crippen LogP contribution in [0.1, 0.15) is 31.7 Å². The van der Waals surface area contributed by atoms with Crippen LogP contribution in [-0.2, 0) is 9.53 Å². The summed E-state index contributed by atoms with van der Waals surface area (Å²) in [4.78, 5) is 18.1. The molecule has 3 heterocycles. The van der Waals surface area contributed by atoms with Crippen molar-refractivity contribution < 1.29 is 9.53 Å². The summed E-state index contributed by atoms with van der Waals surface area (Å²) in [5, 5.41) is 15.0. The topological polar surface area (TPSA) is 78.3 Å². The molecule has 0 spiro atoms. The first-order chi connectivity index (χ1) is 14.0. The third-order valence-corrected chi connectivity index (χ3v) is 6.06. The van der Waals surface area contributed by atoms with Gasteiger partial charge in [0, 0.05) is 90.7 Å². The molecule has 7 heteroatoms. The number of ether oxygens (including phenoxy) is 1. The molecule has 0 unspecified atom stereocenters. The van der Waals surface area contributed by atoms with Gasteiger partial charge < -0.3 is 15.0 Å². The first kappa shape index (κ1) is 19.9. The molecule has 2 aromatic rings. The van der Waals surface area contributed by atoms with Crippen LogP contribution in [0.15, 0.2) is 41.9 Å². The van der Waals surface area contributed by atoms with Gasteiger partial charge in [-0.2, -0.15) is 0 Å². The zero-order chi connectivity index (χ0) is 20.4. The Morgan fingerprint density at radius 3 is 2.83 bits per heavy atom. The van der Waals surface area contributed by atoms with Crippen LogP contribution in [0, 0.1) is 5.41 Å². The molecule has 0 radical (unpaired) electrons. The summed E-state index contributed by atoms with van der Waals surface area (Å²) in [6.45, 7) is 4.19. The molecule has 1 amide bonds. The van der Waals surface area contributed by atoms with E-state index in [-0.39, 0.29) is 5.91 Å². The average Bonchev–Trinajstić information content (AvgIpc) is 2.75. The summed E-state index contributed by atoms with van der Waals surface area (Å²) in [5.74, 6) is 0.0306. The standard InChI is InChI=1S/C22H25ClN4O2/c1-14(28)27-9-5-21(26-15-6-10-29-11-7-15)19(13-27)22(24)17-2-3-20(23)16-4-8-25-12-18(16)17/h2-4,8,12,15,24,26H,5-7,9-11,13H2,1H3. The van der Waals surface area contributed by atoms with E-state index in [1.54, 1.807) is 24.2 Å². The summed E-state index contributed by atoms with van der Waals surface area (Å²) in [5.41, 5.74) is 3.13. The first-order valence-corrected chi connectivity index (χ1v) is 10.4. The van der Waals surface area contributed by atoms with Gasteiger partial charge in [-0.15, -0.1) is 0 Å². The molecule has 2 aliphatic rings. The van der Waals surface area contributed by atoms with Crippen LogP contribution in [0.2, 0.25) is 5.02 Å². The van der Waals surface area contributed by atoms with E-state index >= 15 is 0 Å². The average molecular weight is 413 g/mol. The lowest BCUT2D eigenvalue weighted by Crippen LogP contribution is -2.43. The lowest BCUT2D eigenvalue weighted by molar-refractivity contribution is -0.128. The molecule has 6 nitrogen and oxygen atoms in total. The van der Waals surface area contributed by atoms with E-state index in [9.17, 15) is 4.79 Å². The quantitative estimate of drug-likeness (QED) is 0.753. The molecule has 0 saturated carbocycles. The fraction of sp³-hybridized carbons (Fsp3) is 0.409. The molecule has 0 bridgehead atoms. The molecule has 4 rings (SSSR count). The molecule has 2 N–H and O–H groups in total. The number of rotatable bonds is 4. The van der Waals surface area contributed by atoms with Crippen LogP contribution in [0.3, 0.4) is 0 Å². The predicted octanol–water partition coefficient (Wildman–Crippen LogP) is 3.53. The van der Waals surface area contributed by atoms with Crippen LogP contribution in [-0.4, -0.2) is 53.8 Å². The van der Waals surface area contributed by atoms with Crippen LogP contribution in [0.4, 0.5) is 0 Å². The second kappa shape index (κ2) is 8.51. The number of hydrogen-bond donors (Lipinski definition) is 2. The fourth-order valence-electron chi connectivity index (χ4n) is 4.04. The van der Waals surface area contributed by atoms with Gasteiger partial charge in [-0.05, 0) is 25.0 Å². The molecule has 1 aromatic heterocycles. The molecule has 0 atom stereocenters. The van der Waals surface area contributed by atoms with E-state index in [2.05, 4.69) is 10.3 Å². The molecular weight excluding hydrogens is 388 g/mol. The number of carbonyl (C=O) groups is 1. The van der Waals surface area contributed by atoms with Crippen molar-refractivity contribution in [3.63, 3.8) is 0 Å². The van der Waals surface area contributed by atoms with Gasteiger partial charge in [0.1, 0.15) is 0 Å². The van der Waals surface area contributed by atoms with Crippen molar-refractivity contribution in [2.45, 2.75) is 32.2 Å². The SMILES string of the molecule is CC(=O)N1CCC(NC2CCOCC2)=C(C(=N)c2ccc(Cl)c3ccncc23)C1. The number of hydrogen-bond acceptors (Lipinski definition) is 5. The van der Waals surface area contributed by atoms with Crippen LogP contribution >= 0.6 is 11.6 Å². The molecule has 29 heavy (non-hydrogen) atoms. The van der Waals surface area contributed by atoms with Crippen LogP contribution in [0.25, 0.3) is 10.8 Å². The van der Waals surface area contributed by atoms with Gasteiger partial charge >= 0.3 is 0 Å².